The molecule has 0 spiro atoms. The minimum absolute atomic E-state index is 0.0594. The molecule has 0 amide bonds. The minimum Gasteiger partial charge on any atom is -0.396 e. The van der Waals surface area contributed by atoms with Gasteiger partial charge in [0.1, 0.15) is 0 Å². The summed E-state index contributed by atoms with van der Waals surface area (Å²) in [5, 5.41) is 8.85. The number of sulfonamides is 1. The summed E-state index contributed by atoms with van der Waals surface area (Å²) in [7, 11) is -3.37. The molecule has 1 heterocycles. The molecule has 106 valence electrons. The molecule has 5 heteroatoms. The largest absolute Gasteiger partial charge is 0.396 e. The van der Waals surface area contributed by atoms with E-state index in [2.05, 4.69) is 13.8 Å². The van der Waals surface area contributed by atoms with Crippen LogP contribution in [0.25, 0.3) is 0 Å². The third-order valence-corrected chi connectivity index (χ3v) is 5.46. The predicted octanol–water partition coefficient (Wildman–Crippen LogP) is 1.64. The summed E-state index contributed by atoms with van der Waals surface area (Å²) >= 11 is 0. The van der Waals surface area contributed by atoms with Crippen LogP contribution in [-0.2, 0) is 16.4 Å². The van der Waals surface area contributed by atoms with E-state index in [1.807, 2.05) is 0 Å². The lowest BCUT2D eigenvalue weighted by molar-refractivity contribution is 0.299. The molecule has 0 aromatic heterocycles. The van der Waals surface area contributed by atoms with E-state index in [1.165, 1.54) is 0 Å². The van der Waals surface area contributed by atoms with Gasteiger partial charge in [-0.2, -0.15) is 4.31 Å². The van der Waals surface area contributed by atoms with Crippen molar-refractivity contribution < 1.29 is 13.5 Å². The van der Waals surface area contributed by atoms with Gasteiger partial charge in [0.15, 0.2) is 0 Å². The first-order chi connectivity index (χ1) is 8.85. The van der Waals surface area contributed by atoms with Crippen molar-refractivity contribution in [3.63, 3.8) is 0 Å². The van der Waals surface area contributed by atoms with E-state index in [-0.39, 0.29) is 12.0 Å². The monoisotopic (exact) mass is 283 g/mol. The fourth-order valence-electron chi connectivity index (χ4n) is 2.37. The van der Waals surface area contributed by atoms with Gasteiger partial charge in [0.25, 0.3) is 0 Å². The van der Waals surface area contributed by atoms with Crippen LogP contribution in [0.4, 0.5) is 0 Å². The maximum atomic E-state index is 12.5. The number of rotatable bonds is 4. The lowest BCUT2D eigenvalue weighted by atomic mass is 9.93. The highest BCUT2D eigenvalue weighted by Crippen LogP contribution is 2.32. The molecule has 1 aliphatic rings. The Kier molecular flexibility index (Phi) is 3.99. The molecule has 1 aromatic rings. The van der Waals surface area contributed by atoms with Crippen LogP contribution in [0, 0.1) is 5.41 Å². The average Bonchev–Trinajstić information content (AvgIpc) is 2.71. The number of nitrogens with zero attached hydrogens (tertiary/aromatic N) is 1. The first kappa shape index (κ1) is 14.5. The van der Waals surface area contributed by atoms with E-state index in [0.717, 1.165) is 12.0 Å². The summed E-state index contributed by atoms with van der Waals surface area (Å²) in [6.07, 6.45) is 1.45. The highest BCUT2D eigenvalue weighted by molar-refractivity contribution is 7.89. The number of aliphatic hydroxyl groups excluding tert-OH is 1. The van der Waals surface area contributed by atoms with Crippen molar-refractivity contribution >= 4 is 10.0 Å². The van der Waals surface area contributed by atoms with Crippen molar-refractivity contribution in [2.75, 3.05) is 19.7 Å². The van der Waals surface area contributed by atoms with Crippen LogP contribution in [0.1, 0.15) is 25.8 Å². The average molecular weight is 283 g/mol. The molecule has 0 aliphatic carbocycles. The molecule has 0 unspecified atom stereocenters. The Hall–Kier alpha value is -0.910. The lowest BCUT2D eigenvalue weighted by Gasteiger charge is -2.19. The molecular formula is C14H21NO3S. The van der Waals surface area contributed by atoms with E-state index in [9.17, 15) is 8.42 Å². The summed E-state index contributed by atoms with van der Waals surface area (Å²) in [6, 6.07) is 6.80. The van der Waals surface area contributed by atoms with Crippen molar-refractivity contribution in [1.29, 1.82) is 0 Å². The zero-order valence-electron chi connectivity index (χ0n) is 11.5. The van der Waals surface area contributed by atoms with E-state index in [1.54, 1.807) is 28.6 Å². The Morgan fingerprint density at radius 3 is 2.37 bits per heavy atom. The molecule has 1 aromatic carbocycles. The molecule has 1 aliphatic heterocycles. The summed E-state index contributed by atoms with van der Waals surface area (Å²) in [6.45, 7) is 5.42. The van der Waals surface area contributed by atoms with Crippen molar-refractivity contribution in [1.82, 2.24) is 4.31 Å². The second-order valence-electron chi connectivity index (χ2n) is 5.87. The van der Waals surface area contributed by atoms with Crippen LogP contribution in [0.5, 0.6) is 0 Å². The van der Waals surface area contributed by atoms with Gasteiger partial charge in [0.2, 0.25) is 10.0 Å². The van der Waals surface area contributed by atoms with Gasteiger partial charge in [0, 0.05) is 19.7 Å². The number of hydrogen-bond donors (Lipinski definition) is 1. The van der Waals surface area contributed by atoms with E-state index < -0.39 is 10.0 Å². The smallest absolute Gasteiger partial charge is 0.243 e. The fourth-order valence-corrected chi connectivity index (χ4v) is 4.00. The molecule has 1 fully saturated rings. The summed E-state index contributed by atoms with van der Waals surface area (Å²) in [5.74, 6) is 0. The van der Waals surface area contributed by atoms with E-state index in [0.29, 0.717) is 24.4 Å². The van der Waals surface area contributed by atoms with Gasteiger partial charge in [-0.05, 0) is 36.0 Å². The van der Waals surface area contributed by atoms with Gasteiger partial charge in [0.05, 0.1) is 4.90 Å². The topological polar surface area (TPSA) is 57.6 Å². The molecule has 0 bridgehead atoms. The highest BCUT2D eigenvalue weighted by atomic mass is 32.2. The Labute approximate surface area is 115 Å². The van der Waals surface area contributed by atoms with Gasteiger partial charge in [-0.1, -0.05) is 26.0 Å². The van der Waals surface area contributed by atoms with Crippen molar-refractivity contribution in [3.05, 3.63) is 29.8 Å². The lowest BCUT2D eigenvalue weighted by Crippen LogP contribution is -2.30. The normalized spacial score (nSPS) is 19.7. The molecule has 19 heavy (non-hydrogen) atoms. The number of benzene rings is 1. The highest BCUT2D eigenvalue weighted by Gasteiger charge is 2.36. The molecule has 0 atom stereocenters. The predicted molar refractivity (Wildman–Crippen MR) is 74.4 cm³/mol. The third-order valence-electron chi connectivity index (χ3n) is 3.60. The summed E-state index contributed by atoms with van der Waals surface area (Å²) in [4.78, 5) is 0.340. The molecule has 0 saturated carbocycles. The van der Waals surface area contributed by atoms with Crippen molar-refractivity contribution in [2.45, 2.75) is 31.6 Å². The molecule has 0 radical (unpaired) electrons. The Morgan fingerprint density at radius 1 is 1.26 bits per heavy atom. The zero-order chi connectivity index (χ0) is 14.1. The van der Waals surface area contributed by atoms with Crippen LogP contribution in [0.2, 0.25) is 0 Å². The fraction of sp³-hybridized carbons (Fsp3) is 0.571. The summed E-state index contributed by atoms with van der Waals surface area (Å²) < 4.78 is 26.5. The SMILES string of the molecule is CC1(C)CCN(S(=O)(=O)c2ccc(CCO)cc2)C1. The summed E-state index contributed by atoms with van der Waals surface area (Å²) in [5.41, 5.74) is 1.01. The number of hydrogen-bond acceptors (Lipinski definition) is 3. The van der Waals surface area contributed by atoms with Crippen LogP contribution in [0.3, 0.4) is 0 Å². The first-order valence-corrected chi connectivity index (χ1v) is 7.99. The van der Waals surface area contributed by atoms with Crippen molar-refractivity contribution in [3.8, 4) is 0 Å². The van der Waals surface area contributed by atoms with Gasteiger partial charge in [-0.15, -0.1) is 0 Å². The molecule has 1 N–H and O–H groups in total. The van der Waals surface area contributed by atoms with Crippen LogP contribution < -0.4 is 0 Å². The molecule has 4 nitrogen and oxygen atoms in total. The standard InChI is InChI=1S/C14H21NO3S/c1-14(2)8-9-15(11-14)19(17,18)13-5-3-12(4-6-13)7-10-16/h3-6,16H,7-11H2,1-2H3. The molecule has 2 rings (SSSR count). The minimum atomic E-state index is -3.37. The van der Waals surface area contributed by atoms with E-state index >= 15 is 0 Å². The molecular weight excluding hydrogens is 262 g/mol. The second kappa shape index (κ2) is 5.23. The first-order valence-electron chi connectivity index (χ1n) is 6.55. The Bertz CT molecular complexity index is 534. The maximum absolute atomic E-state index is 12.5. The van der Waals surface area contributed by atoms with Gasteiger partial charge in [-0.25, -0.2) is 8.42 Å². The van der Waals surface area contributed by atoms with E-state index in [4.69, 9.17) is 5.11 Å². The van der Waals surface area contributed by atoms with Crippen LogP contribution >= 0.6 is 0 Å². The van der Waals surface area contributed by atoms with Gasteiger partial charge < -0.3 is 5.11 Å². The van der Waals surface area contributed by atoms with Crippen molar-refractivity contribution in [2.24, 2.45) is 5.41 Å². The van der Waals surface area contributed by atoms with Crippen LogP contribution in [0.15, 0.2) is 29.2 Å². The Morgan fingerprint density at radius 2 is 1.89 bits per heavy atom. The number of aliphatic hydroxyl groups is 1. The van der Waals surface area contributed by atoms with Gasteiger partial charge in [-0.3, -0.25) is 0 Å². The molecule has 1 saturated heterocycles. The van der Waals surface area contributed by atoms with Crippen LogP contribution in [-0.4, -0.2) is 37.5 Å². The second-order valence-corrected chi connectivity index (χ2v) is 7.81. The maximum Gasteiger partial charge on any atom is 0.243 e. The van der Waals surface area contributed by atoms with Gasteiger partial charge >= 0.3 is 0 Å². The Balaban J connectivity index is 2.20. The zero-order valence-corrected chi connectivity index (χ0v) is 12.3. The third kappa shape index (κ3) is 3.16. The quantitative estimate of drug-likeness (QED) is 0.914.